The lowest BCUT2D eigenvalue weighted by molar-refractivity contribution is -0.140. The Morgan fingerprint density at radius 2 is 0.548 bits per heavy atom. The van der Waals surface area contributed by atoms with Crippen molar-refractivity contribution < 1.29 is 90.0 Å². The average Bonchev–Trinajstić information content (AvgIpc) is 3.18. The zero-order valence-corrected chi connectivity index (χ0v) is 35.1. The van der Waals surface area contributed by atoms with E-state index in [9.17, 15) is 74.7 Å². The minimum absolute atomic E-state index is 0.0225. The summed E-state index contributed by atoms with van der Waals surface area (Å²) >= 11 is 0. The third kappa shape index (κ3) is 25.4. The third-order valence-corrected chi connectivity index (χ3v) is 10.3. The maximum atomic E-state index is 11.2. The molecule has 2 fully saturated rings. The Bertz CT molecular complexity index is 1290. The number of aliphatic hydroxyl groups excluding tert-OH is 6. The lowest BCUT2D eigenvalue weighted by atomic mass is 10.1. The maximum absolute atomic E-state index is 11.2. The number of nitrogens with zero attached hydrogens (tertiary/aromatic N) is 8. The van der Waals surface area contributed by atoms with Gasteiger partial charge in [0.25, 0.3) is 0 Å². The smallest absolute Gasteiger partial charge is 0.317 e. The number of carbonyl (C=O) groups is 6. The first-order valence-corrected chi connectivity index (χ1v) is 20.2. The molecule has 4 unspecified atom stereocenters. The van der Waals surface area contributed by atoms with Crippen LogP contribution in [0.4, 0.5) is 0 Å². The van der Waals surface area contributed by atoms with Crippen LogP contribution in [0.3, 0.4) is 0 Å². The van der Waals surface area contributed by atoms with Crippen molar-refractivity contribution in [1.29, 1.82) is 0 Å². The predicted molar refractivity (Wildman–Crippen MR) is 216 cm³/mol. The van der Waals surface area contributed by atoms with Crippen LogP contribution < -0.4 is 0 Å². The SMILES string of the molecule is O=C(O)CN1CCN(CC(=O)O)CCN(C(CO)C(O)CO)CCN(CC(=O)O)CC1.O=C(O)CN1CCN(CC(=O)O)CCN(CC(O)C(O)CO)CCN(CC(=O)O)CC1. The highest BCUT2D eigenvalue weighted by Crippen LogP contribution is 2.09. The summed E-state index contributed by atoms with van der Waals surface area (Å²) in [7, 11) is 0. The molecule has 0 aromatic carbocycles. The van der Waals surface area contributed by atoms with Gasteiger partial charge in [-0.05, 0) is 0 Å². The number of carboxylic acid groups (broad SMARTS) is 6. The van der Waals surface area contributed by atoms with Crippen molar-refractivity contribution in [1.82, 2.24) is 39.2 Å². The molecule has 2 aliphatic heterocycles. The molecule has 4 atom stereocenters. The summed E-state index contributed by atoms with van der Waals surface area (Å²) in [5.41, 5.74) is 0. The molecule has 2 heterocycles. The molecule has 2 aliphatic rings. The van der Waals surface area contributed by atoms with Crippen LogP contribution in [0, 0.1) is 0 Å². The molecular formula is C36H68N8O18. The lowest BCUT2D eigenvalue weighted by Crippen LogP contribution is -2.54. The van der Waals surface area contributed by atoms with Gasteiger partial charge in [-0.25, -0.2) is 0 Å². The van der Waals surface area contributed by atoms with E-state index in [4.69, 9.17) is 15.3 Å². The lowest BCUT2D eigenvalue weighted by Gasteiger charge is -2.37. The van der Waals surface area contributed by atoms with Gasteiger partial charge in [0.15, 0.2) is 0 Å². The van der Waals surface area contributed by atoms with Crippen LogP contribution in [0.2, 0.25) is 0 Å². The minimum Gasteiger partial charge on any atom is -0.480 e. The third-order valence-electron chi connectivity index (χ3n) is 10.3. The van der Waals surface area contributed by atoms with Crippen LogP contribution in [0.5, 0.6) is 0 Å². The molecular weight excluding hydrogens is 832 g/mol. The zero-order valence-electron chi connectivity index (χ0n) is 35.1. The first-order valence-electron chi connectivity index (χ1n) is 20.2. The molecule has 12 N–H and O–H groups in total. The van der Waals surface area contributed by atoms with Crippen molar-refractivity contribution in [3.63, 3.8) is 0 Å². The van der Waals surface area contributed by atoms with Crippen LogP contribution in [0.25, 0.3) is 0 Å². The van der Waals surface area contributed by atoms with Gasteiger partial charge in [0.2, 0.25) is 0 Å². The van der Waals surface area contributed by atoms with Crippen molar-refractivity contribution in [3.8, 4) is 0 Å². The highest BCUT2D eigenvalue weighted by molar-refractivity contribution is 5.70. The molecule has 2 rings (SSSR count). The van der Waals surface area contributed by atoms with E-state index in [1.54, 1.807) is 39.2 Å². The van der Waals surface area contributed by atoms with E-state index in [1.807, 2.05) is 0 Å². The van der Waals surface area contributed by atoms with E-state index < -0.39 is 80.0 Å². The van der Waals surface area contributed by atoms with E-state index in [-0.39, 0.29) is 98.2 Å². The van der Waals surface area contributed by atoms with Gasteiger partial charge in [-0.3, -0.25) is 68.0 Å². The van der Waals surface area contributed by atoms with Gasteiger partial charge < -0.3 is 61.3 Å². The molecule has 26 nitrogen and oxygen atoms in total. The number of β-amino-alcohol motifs (C(OH)–C–C–N with tert-alkyl or cyclic N) is 1. The highest BCUT2D eigenvalue weighted by Gasteiger charge is 2.28. The van der Waals surface area contributed by atoms with Gasteiger partial charge in [-0.15, -0.1) is 0 Å². The Labute approximate surface area is 359 Å². The first kappa shape index (κ1) is 56.3. The number of carboxylic acids is 6. The average molecular weight is 901 g/mol. The van der Waals surface area contributed by atoms with Crippen molar-refractivity contribution in [2.24, 2.45) is 0 Å². The molecule has 26 heteroatoms. The second kappa shape index (κ2) is 31.2. The second-order valence-corrected chi connectivity index (χ2v) is 15.2. The van der Waals surface area contributed by atoms with Crippen LogP contribution in [0.1, 0.15) is 0 Å². The summed E-state index contributed by atoms with van der Waals surface area (Å²) in [6.07, 6.45) is -3.76. The molecule has 2 saturated heterocycles. The topological polar surface area (TPSA) is 371 Å². The molecule has 0 amide bonds. The molecule has 0 saturated carbocycles. The zero-order chi connectivity index (χ0) is 46.8. The van der Waals surface area contributed by atoms with Crippen LogP contribution >= 0.6 is 0 Å². The normalized spacial score (nSPS) is 21.0. The fourth-order valence-corrected chi connectivity index (χ4v) is 6.85. The highest BCUT2D eigenvalue weighted by atomic mass is 16.4. The van der Waals surface area contributed by atoms with Crippen LogP contribution in [-0.2, 0) is 28.8 Å². The minimum atomic E-state index is -1.32. The number of hydrogen-bond donors (Lipinski definition) is 12. The molecule has 0 aromatic rings. The van der Waals surface area contributed by atoms with Gasteiger partial charge in [-0.2, -0.15) is 0 Å². The number of rotatable bonds is 20. The van der Waals surface area contributed by atoms with E-state index in [0.717, 1.165) is 0 Å². The van der Waals surface area contributed by atoms with Crippen molar-refractivity contribution in [3.05, 3.63) is 0 Å². The van der Waals surface area contributed by atoms with Gasteiger partial charge in [-0.1, -0.05) is 0 Å². The number of hydrogen-bond acceptors (Lipinski definition) is 20. The summed E-state index contributed by atoms with van der Waals surface area (Å²) in [4.78, 5) is 80.6. The van der Waals surface area contributed by atoms with E-state index in [2.05, 4.69) is 0 Å². The molecule has 0 spiro atoms. The number of aliphatic carboxylic acids is 6. The Morgan fingerprint density at radius 3 is 0.758 bits per heavy atom. The van der Waals surface area contributed by atoms with Gasteiger partial charge in [0.05, 0.1) is 77.3 Å². The predicted octanol–water partition coefficient (Wildman–Crippen LogP) is -7.65. The summed E-state index contributed by atoms with van der Waals surface area (Å²) in [6.45, 7) is 1.60. The summed E-state index contributed by atoms with van der Waals surface area (Å²) in [5, 5.41) is 113. The van der Waals surface area contributed by atoms with Crippen molar-refractivity contribution >= 4 is 35.8 Å². The summed E-state index contributed by atoms with van der Waals surface area (Å²) < 4.78 is 0. The Kier molecular flexibility index (Phi) is 28.3. The quantitative estimate of drug-likeness (QED) is 0.0540. The molecule has 0 aromatic heterocycles. The number of aliphatic hydroxyl groups is 6. The van der Waals surface area contributed by atoms with Gasteiger partial charge in [0, 0.05) is 111 Å². The molecule has 62 heavy (non-hydrogen) atoms. The van der Waals surface area contributed by atoms with E-state index in [1.165, 1.54) is 0 Å². The molecule has 360 valence electrons. The standard InChI is InChI=1S/2C18H34N4O9/c23-12-14(15(25)13-24)22-7-5-20(10-17(28)29)3-1-19(9-16(26)27)2-4-21(6-8-22)11-18(30)31;23-13-15(25)14(24)9-19-1-3-20(10-16(26)27)5-7-22(12-18(30)31)8-6-21(4-2-19)11-17(28)29/h2*14-15,23-25H,1-13H2,(H,26,27)(H,28,29)(H,30,31). The van der Waals surface area contributed by atoms with Gasteiger partial charge >= 0.3 is 35.8 Å². The fourth-order valence-electron chi connectivity index (χ4n) is 6.85. The van der Waals surface area contributed by atoms with E-state index >= 15 is 0 Å². The van der Waals surface area contributed by atoms with Crippen molar-refractivity contribution in [2.75, 3.05) is 170 Å². The second-order valence-electron chi connectivity index (χ2n) is 15.2. The van der Waals surface area contributed by atoms with E-state index in [0.29, 0.717) is 52.4 Å². The Hall–Kier alpha value is -3.74. The molecule has 0 radical (unpaired) electrons. The summed E-state index contributed by atoms with van der Waals surface area (Å²) in [6, 6.07) is -0.796. The first-order chi connectivity index (χ1) is 29.3. The van der Waals surface area contributed by atoms with Crippen molar-refractivity contribution in [2.45, 2.75) is 24.4 Å². The molecule has 0 bridgehead atoms. The Morgan fingerprint density at radius 1 is 0.323 bits per heavy atom. The molecule has 0 aliphatic carbocycles. The van der Waals surface area contributed by atoms with Crippen LogP contribution in [0.15, 0.2) is 0 Å². The van der Waals surface area contributed by atoms with Gasteiger partial charge in [0.1, 0.15) is 6.10 Å². The van der Waals surface area contributed by atoms with Crippen LogP contribution in [-0.4, -0.2) is 331 Å². The fraction of sp³-hybridized carbons (Fsp3) is 0.833. The maximum Gasteiger partial charge on any atom is 0.317 e. The Balaban J connectivity index is 0.000000620. The largest absolute Gasteiger partial charge is 0.480 e. The monoisotopic (exact) mass is 900 g/mol. The summed E-state index contributed by atoms with van der Waals surface area (Å²) in [5.74, 6) is -6.17.